The molecule has 30 heavy (non-hydrogen) atoms. The van der Waals surface area contributed by atoms with Gasteiger partial charge in [0.1, 0.15) is 16.5 Å². The highest BCUT2D eigenvalue weighted by Gasteiger charge is 2.35. The Kier molecular flexibility index (Phi) is 7.02. The van der Waals surface area contributed by atoms with Crippen LogP contribution in [-0.4, -0.2) is 43.7 Å². The van der Waals surface area contributed by atoms with Gasteiger partial charge in [0.2, 0.25) is 15.9 Å². The van der Waals surface area contributed by atoms with Crippen molar-refractivity contribution in [2.45, 2.75) is 24.3 Å². The van der Waals surface area contributed by atoms with Gasteiger partial charge in [-0.05, 0) is 31.0 Å². The fourth-order valence-corrected chi connectivity index (χ4v) is 6.06. The maximum Gasteiger partial charge on any atom is 0.246 e. The van der Waals surface area contributed by atoms with Crippen LogP contribution in [0.2, 0.25) is 10.0 Å². The zero-order valence-electron chi connectivity index (χ0n) is 16.1. The molecule has 5 nitrogen and oxygen atoms in total. The summed E-state index contributed by atoms with van der Waals surface area (Å²) in [5.74, 6) is -2.01. The molecule has 2 aromatic carbocycles. The molecular formula is C20H20Cl2F2N2O3S. The lowest BCUT2D eigenvalue weighted by molar-refractivity contribution is -0.136. The number of nitrogens with zero attached hydrogens (tertiary/aromatic N) is 2. The van der Waals surface area contributed by atoms with E-state index in [-0.39, 0.29) is 46.0 Å². The van der Waals surface area contributed by atoms with Gasteiger partial charge in [0.15, 0.2) is 0 Å². The van der Waals surface area contributed by atoms with Crippen LogP contribution in [0.3, 0.4) is 0 Å². The third-order valence-corrected chi connectivity index (χ3v) is 7.97. The topological polar surface area (TPSA) is 57.7 Å². The first-order valence-corrected chi connectivity index (χ1v) is 11.4. The van der Waals surface area contributed by atoms with Crippen molar-refractivity contribution in [1.82, 2.24) is 9.21 Å². The van der Waals surface area contributed by atoms with Crippen LogP contribution in [0.15, 0.2) is 41.3 Å². The Labute approximate surface area is 184 Å². The summed E-state index contributed by atoms with van der Waals surface area (Å²) < 4.78 is 54.0. The van der Waals surface area contributed by atoms with Crippen molar-refractivity contribution in [3.8, 4) is 0 Å². The number of hydrogen-bond acceptors (Lipinski definition) is 3. The lowest BCUT2D eigenvalue weighted by atomic mass is 9.96. The standard InChI is InChI=1S/C20H20Cl2F2N2O3S/c1-25(12-14-5-6-15(23)11-18(14)24)20(27)13-7-9-26(10-8-13)30(28,29)19-16(21)3-2-4-17(19)22/h2-6,11,13H,7-10,12H2,1H3. The fourth-order valence-electron chi connectivity index (χ4n) is 3.50. The molecule has 1 aliphatic heterocycles. The van der Waals surface area contributed by atoms with Crippen LogP contribution in [0, 0.1) is 17.6 Å². The summed E-state index contributed by atoms with van der Waals surface area (Å²) in [5.41, 5.74) is 0.209. The van der Waals surface area contributed by atoms with E-state index in [2.05, 4.69) is 0 Å². The maximum atomic E-state index is 13.9. The Bertz CT molecular complexity index is 1040. The van der Waals surface area contributed by atoms with Gasteiger partial charge in [-0.2, -0.15) is 4.31 Å². The van der Waals surface area contributed by atoms with E-state index in [0.717, 1.165) is 12.1 Å². The second kappa shape index (κ2) is 9.18. The zero-order chi connectivity index (χ0) is 22.1. The molecule has 1 saturated heterocycles. The van der Waals surface area contributed by atoms with E-state index in [1.807, 2.05) is 0 Å². The van der Waals surface area contributed by atoms with Gasteiger partial charge < -0.3 is 4.90 Å². The number of carbonyl (C=O) groups excluding carboxylic acids is 1. The Morgan fingerprint density at radius 1 is 1.13 bits per heavy atom. The van der Waals surface area contributed by atoms with Gasteiger partial charge in [-0.3, -0.25) is 4.79 Å². The molecule has 2 aromatic rings. The number of hydrogen-bond donors (Lipinski definition) is 0. The molecule has 10 heteroatoms. The van der Waals surface area contributed by atoms with Crippen molar-refractivity contribution >= 4 is 39.1 Å². The number of sulfonamides is 1. The summed E-state index contributed by atoms with van der Waals surface area (Å²) in [6, 6.07) is 7.70. The van der Waals surface area contributed by atoms with Crippen molar-refractivity contribution in [3.63, 3.8) is 0 Å². The molecule has 0 N–H and O–H groups in total. The number of rotatable bonds is 5. The van der Waals surface area contributed by atoms with E-state index in [4.69, 9.17) is 23.2 Å². The molecule has 0 aliphatic carbocycles. The first-order chi connectivity index (χ1) is 14.1. The van der Waals surface area contributed by atoms with Crippen molar-refractivity contribution in [2.24, 2.45) is 5.92 Å². The zero-order valence-corrected chi connectivity index (χ0v) is 18.4. The van der Waals surface area contributed by atoms with Crippen LogP contribution in [-0.2, 0) is 21.4 Å². The number of carbonyl (C=O) groups is 1. The van der Waals surface area contributed by atoms with Crippen molar-refractivity contribution < 1.29 is 22.0 Å². The molecule has 0 unspecified atom stereocenters. The highest BCUT2D eigenvalue weighted by atomic mass is 35.5. The van der Waals surface area contributed by atoms with E-state index < -0.39 is 27.6 Å². The third-order valence-electron chi connectivity index (χ3n) is 5.12. The van der Waals surface area contributed by atoms with E-state index in [1.54, 1.807) is 6.07 Å². The average molecular weight is 477 g/mol. The highest BCUT2D eigenvalue weighted by Crippen LogP contribution is 2.33. The lowest BCUT2D eigenvalue weighted by Gasteiger charge is -2.33. The molecule has 0 saturated carbocycles. The monoisotopic (exact) mass is 476 g/mol. The van der Waals surface area contributed by atoms with E-state index in [9.17, 15) is 22.0 Å². The second-order valence-electron chi connectivity index (χ2n) is 7.16. The van der Waals surface area contributed by atoms with E-state index in [1.165, 1.54) is 34.5 Å². The Morgan fingerprint density at radius 3 is 2.30 bits per heavy atom. The van der Waals surface area contributed by atoms with Gasteiger partial charge in [0.05, 0.1) is 10.0 Å². The molecule has 0 spiro atoms. The minimum absolute atomic E-state index is 0.00130. The fraction of sp³-hybridized carbons (Fsp3) is 0.350. The van der Waals surface area contributed by atoms with Crippen LogP contribution < -0.4 is 0 Å². The van der Waals surface area contributed by atoms with Crippen LogP contribution in [0.4, 0.5) is 8.78 Å². The number of amides is 1. The van der Waals surface area contributed by atoms with Crippen LogP contribution in [0.25, 0.3) is 0 Å². The number of benzene rings is 2. The molecule has 1 fully saturated rings. The summed E-state index contributed by atoms with van der Waals surface area (Å²) >= 11 is 12.1. The van der Waals surface area contributed by atoms with Gasteiger partial charge in [0, 0.05) is 44.2 Å². The normalized spacial score (nSPS) is 15.9. The average Bonchev–Trinajstić information content (AvgIpc) is 2.69. The van der Waals surface area contributed by atoms with Crippen LogP contribution >= 0.6 is 23.2 Å². The first-order valence-electron chi connectivity index (χ1n) is 9.24. The van der Waals surface area contributed by atoms with Gasteiger partial charge in [-0.15, -0.1) is 0 Å². The second-order valence-corrected chi connectivity index (χ2v) is 9.85. The molecule has 0 aromatic heterocycles. The predicted molar refractivity (Wildman–Crippen MR) is 111 cm³/mol. The summed E-state index contributed by atoms with van der Waals surface area (Å²) in [5, 5.41) is 0.0866. The maximum absolute atomic E-state index is 13.9. The largest absolute Gasteiger partial charge is 0.341 e. The molecular weight excluding hydrogens is 457 g/mol. The van der Waals surface area contributed by atoms with Gasteiger partial charge in [0.25, 0.3) is 0 Å². The molecule has 0 atom stereocenters. The molecule has 0 radical (unpaired) electrons. The number of piperidine rings is 1. The molecule has 3 rings (SSSR count). The quantitative estimate of drug-likeness (QED) is 0.644. The highest BCUT2D eigenvalue weighted by molar-refractivity contribution is 7.89. The van der Waals surface area contributed by atoms with Crippen molar-refractivity contribution in [3.05, 3.63) is 63.6 Å². The summed E-state index contributed by atoms with van der Waals surface area (Å²) in [4.78, 5) is 14.0. The SMILES string of the molecule is CN(Cc1ccc(F)cc1F)C(=O)C1CCN(S(=O)(=O)c2c(Cl)cccc2Cl)CC1. The van der Waals surface area contributed by atoms with Crippen LogP contribution in [0.5, 0.6) is 0 Å². The van der Waals surface area contributed by atoms with Crippen molar-refractivity contribution in [1.29, 1.82) is 0 Å². The Balaban J connectivity index is 1.65. The van der Waals surface area contributed by atoms with Gasteiger partial charge in [-0.25, -0.2) is 17.2 Å². The smallest absolute Gasteiger partial charge is 0.246 e. The molecule has 1 aliphatic rings. The predicted octanol–water partition coefficient (Wildman–Crippen LogP) is 4.33. The van der Waals surface area contributed by atoms with Gasteiger partial charge >= 0.3 is 0 Å². The summed E-state index contributed by atoms with van der Waals surface area (Å²) in [6.45, 7) is 0.275. The number of halogens is 4. The molecule has 1 amide bonds. The van der Waals surface area contributed by atoms with E-state index >= 15 is 0 Å². The first kappa shape index (κ1) is 22.9. The van der Waals surface area contributed by atoms with Crippen molar-refractivity contribution in [2.75, 3.05) is 20.1 Å². The summed E-state index contributed by atoms with van der Waals surface area (Å²) in [6.07, 6.45) is 0.632. The molecule has 162 valence electrons. The summed E-state index contributed by atoms with van der Waals surface area (Å²) in [7, 11) is -2.35. The van der Waals surface area contributed by atoms with E-state index in [0.29, 0.717) is 12.8 Å². The molecule has 1 heterocycles. The minimum Gasteiger partial charge on any atom is -0.341 e. The van der Waals surface area contributed by atoms with Gasteiger partial charge in [-0.1, -0.05) is 35.3 Å². The Morgan fingerprint density at radius 2 is 1.73 bits per heavy atom. The Hall–Kier alpha value is -1.74. The lowest BCUT2D eigenvalue weighted by Crippen LogP contribution is -2.43. The molecule has 0 bridgehead atoms. The third kappa shape index (κ3) is 4.77. The van der Waals surface area contributed by atoms with Crippen LogP contribution in [0.1, 0.15) is 18.4 Å². The minimum atomic E-state index is -3.89.